The fourth-order valence-corrected chi connectivity index (χ4v) is 1.75. The summed E-state index contributed by atoms with van der Waals surface area (Å²) >= 11 is 5.44. The topological polar surface area (TPSA) is 89.6 Å². The molecule has 0 saturated carbocycles. The van der Waals surface area contributed by atoms with Crippen LogP contribution < -0.4 is 0 Å². The maximum atomic E-state index is 12.8. The van der Waals surface area contributed by atoms with Gasteiger partial charge in [0.15, 0.2) is 22.2 Å². The van der Waals surface area contributed by atoms with Gasteiger partial charge in [-0.25, -0.2) is 0 Å². The highest BCUT2D eigenvalue weighted by molar-refractivity contribution is 6.30. The summed E-state index contributed by atoms with van der Waals surface area (Å²) < 4.78 is 76.6. The molecule has 22 heavy (non-hydrogen) atoms. The van der Waals surface area contributed by atoms with Crippen molar-refractivity contribution < 1.29 is 31.3 Å². The number of alkyl halides is 6. The average molecular weight is 350 g/mol. The van der Waals surface area contributed by atoms with Crippen LogP contribution in [0.3, 0.4) is 0 Å². The minimum atomic E-state index is -5.26. The molecule has 0 fully saturated rings. The molecule has 0 unspecified atom stereocenters. The van der Waals surface area contributed by atoms with Crippen molar-refractivity contribution in [3.05, 3.63) is 32.7 Å². The first-order chi connectivity index (χ1) is 9.93. The number of nitrogens with one attached hydrogen (secondary N) is 1. The van der Waals surface area contributed by atoms with Crippen molar-refractivity contribution in [2.75, 3.05) is 0 Å². The smallest absolute Gasteiger partial charge is 0.358 e. The lowest BCUT2D eigenvalue weighted by molar-refractivity contribution is -0.389. The normalized spacial score (nSPS) is 12.7. The molecule has 0 spiro atoms. The number of rotatable bonds is 2. The van der Waals surface area contributed by atoms with Crippen molar-refractivity contribution in [2.24, 2.45) is 0 Å². The first-order valence-corrected chi connectivity index (χ1v) is 5.43. The Morgan fingerprint density at radius 1 is 1.23 bits per heavy atom. The zero-order valence-corrected chi connectivity index (χ0v) is 10.6. The molecule has 0 aliphatic heterocycles. The summed E-state index contributed by atoms with van der Waals surface area (Å²) in [6, 6.07) is 0.509. The third kappa shape index (κ3) is 2.70. The number of halogens is 7. The molecule has 0 aliphatic rings. The molecule has 14 heteroatoms. The van der Waals surface area contributed by atoms with E-state index in [1.54, 1.807) is 0 Å². The summed E-state index contributed by atoms with van der Waals surface area (Å²) in [5.74, 6) is -1.02. The van der Waals surface area contributed by atoms with Gasteiger partial charge in [-0.3, -0.25) is 5.10 Å². The molecule has 1 N–H and O–H groups in total. The summed E-state index contributed by atoms with van der Waals surface area (Å²) in [7, 11) is 0. The predicted molar refractivity (Wildman–Crippen MR) is 57.4 cm³/mol. The van der Waals surface area contributed by atoms with Gasteiger partial charge >= 0.3 is 18.2 Å². The van der Waals surface area contributed by atoms with Crippen LogP contribution in [0.25, 0.3) is 5.69 Å². The number of aromatic amines is 1. The van der Waals surface area contributed by atoms with Crippen LogP contribution >= 0.6 is 11.6 Å². The van der Waals surface area contributed by atoms with Gasteiger partial charge in [0, 0.05) is 0 Å². The van der Waals surface area contributed by atoms with Gasteiger partial charge in [0.2, 0.25) is 0 Å². The number of aromatic nitrogens is 4. The van der Waals surface area contributed by atoms with E-state index < -0.39 is 45.3 Å². The number of nitro groups is 1. The van der Waals surface area contributed by atoms with E-state index in [-0.39, 0.29) is 4.68 Å². The van der Waals surface area contributed by atoms with Crippen molar-refractivity contribution in [1.29, 1.82) is 0 Å². The van der Waals surface area contributed by atoms with Crippen LogP contribution in [0.15, 0.2) is 6.07 Å². The molecule has 0 saturated heterocycles. The summed E-state index contributed by atoms with van der Waals surface area (Å²) in [4.78, 5) is 9.38. The van der Waals surface area contributed by atoms with E-state index in [0.29, 0.717) is 6.07 Å². The number of nitrogens with zero attached hydrogens (tertiary/aromatic N) is 4. The highest BCUT2D eigenvalue weighted by Gasteiger charge is 2.47. The maximum absolute atomic E-state index is 12.8. The Morgan fingerprint density at radius 2 is 1.82 bits per heavy atom. The average Bonchev–Trinajstić information content (AvgIpc) is 2.89. The lowest BCUT2D eigenvalue weighted by Crippen LogP contribution is -2.15. The molecule has 0 atom stereocenters. The van der Waals surface area contributed by atoms with Gasteiger partial charge in [0.05, 0.1) is 11.2 Å². The highest BCUT2D eigenvalue weighted by Crippen LogP contribution is 2.40. The Hall–Kier alpha value is -2.31. The molecule has 0 radical (unpaired) electrons. The second-order valence-electron chi connectivity index (χ2n) is 3.79. The van der Waals surface area contributed by atoms with Crippen molar-refractivity contribution in [1.82, 2.24) is 20.0 Å². The molecule has 0 aromatic carbocycles. The molecule has 2 aromatic heterocycles. The van der Waals surface area contributed by atoms with Gasteiger partial charge in [-0.1, -0.05) is 11.6 Å². The van der Waals surface area contributed by atoms with Crippen LogP contribution in [0.5, 0.6) is 0 Å². The standard InChI is InChI=1S/C8H2ClF6N5O2/c9-2-1-3(20(21)22)18-19(2)4-5(7(10,11)12)16-17-6(4)8(13,14)15/h1H,(H,16,17). The van der Waals surface area contributed by atoms with E-state index >= 15 is 0 Å². The molecule has 2 rings (SSSR count). The van der Waals surface area contributed by atoms with E-state index in [1.807, 2.05) is 0 Å². The van der Waals surface area contributed by atoms with Crippen molar-refractivity contribution in [3.8, 4) is 5.69 Å². The molecule has 0 aliphatic carbocycles. The molecule has 2 heterocycles. The second-order valence-corrected chi connectivity index (χ2v) is 4.17. The van der Waals surface area contributed by atoms with Crippen LogP contribution in [0.1, 0.15) is 11.4 Å². The summed E-state index contributed by atoms with van der Waals surface area (Å²) in [6.45, 7) is 0. The van der Waals surface area contributed by atoms with Gasteiger partial charge < -0.3 is 10.1 Å². The van der Waals surface area contributed by atoms with Gasteiger partial charge in [-0.2, -0.15) is 31.4 Å². The molecule has 0 bridgehead atoms. The fraction of sp³-hybridized carbons (Fsp3) is 0.250. The lowest BCUT2D eigenvalue weighted by Gasteiger charge is -2.08. The van der Waals surface area contributed by atoms with E-state index in [4.69, 9.17) is 11.6 Å². The van der Waals surface area contributed by atoms with Crippen molar-refractivity contribution in [3.63, 3.8) is 0 Å². The van der Waals surface area contributed by atoms with Gasteiger partial charge in [0.25, 0.3) is 0 Å². The largest absolute Gasteiger partial charge is 0.437 e. The predicted octanol–water partition coefficient (Wildman–Crippen LogP) is 3.19. The second kappa shape index (κ2) is 4.86. The Balaban J connectivity index is 2.77. The minimum absolute atomic E-state index is 0.0468. The first kappa shape index (κ1) is 16.1. The van der Waals surface area contributed by atoms with Crippen LogP contribution in [-0.4, -0.2) is 24.9 Å². The first-order valence-electron chi connectivity index (χ1n) is 5.06. The van der Waals surface area contributed by atoms with E-state index in [0.717, 1.165) is 0 Å². The van der Waals surface area contributed by atoms with Gasteiger partial charge in [-0.05, 0) is 4.92 Å². The van der Waals surface area contributed by atoms with Crippen LogP contribution in [0.2, 0.25) is 5.15 Å². The van der Waals surface area contributed by atoms with Gasteiger partial charge in [-0.15, -0.1) is 4.68 Å². The van der Waals surface area contributed by atoms with E-state index in [1.165, 1.54) is 5.10 Å². The molecule has 0 amide bonds. The fourth-order valence-electron chi connectivity index (χ4n) is 1.53. The molecule has 120 valence electrons. The van der Waals surface area contributed by atoms with Crippen LogP contribution in [-0.2, 0) is 12.4 Å². The third-order valence-corrected chi connectivity index (χ3v) is 2.61. The van der Waals surface area contributed by atoms with Crippen molar-refractivity contribution >= 4 is 17.4 Å². The molecule has 2 aromatic rings. The monoisotopic (exact) mass is 349 g/mol. The maximum Gasteiger partial charge on any atom is 0.437 e. The zero-order chi connectivity index (χ0) is 16.9. The Morgan fingerprint density at radius 3 is 2.23 bits per heavy atom. The van der Waals surface area contributed by atoms with Crippen LogP contribution in [0, 0.1) is 10.1 Å². The summed E-state index contributed by atoms with van der Waals surface area (Å²) in [5.41, 5.74) is -5.42. The van der Waals surface area contributed by atoms with Crippen molar-refractivity contribution in [2.45, 2.75) is 12.4 Å². The van der Waals surface area contributed by atoms with Gasteiger partial charge in [0.1, 0.15) is 0 Å². The third-order valence-electron chi connectivity index (χ3n) is 2.34. The Kier molecular flexibility index (Phi) is 3.55. The summed E-state index contributed by atoms with van der Waals surface area (Å²) in [6.07, 6.45) is -10.5. The lowest BCUT2D eigenvalue weighted by atomic mass is 10.2. The quantitative estimate of drug-likeness (QED) is 0.512. The SMILES string of the molecule is O=[N+]([O-])c1cc(Cl)n(-c2c(C(F)(F)F)n[nH]c2C(F)(F)F)n1. The highest BCUT2D eigenvalue weighted by atomic mass is 35.5. The molecular weight excluding hydrogens is 348 g/mol. The number of hydrogen-bond donors (Lipinski definition) is 1. The number of hydrogen-bond acceptors (Lipinski definition) is 4. The summed E-state index contributed by atoms with van der Waals surface area (Å²) in [5, 5.41) is 16.5. The Bertz CT molecular complexity index is 701. The Labute approximate surface area is 120 Å². The molecule has 7 nitrogen and oxygen atoms in total. The number of H-pyrrole nitrogens is 1. The van der Waals surface area contributed by atoms with Crippen LogP contribution in [0.4, 0.5) is 32.2 Å². The zero-order valence-electron chi connectivity index (χ0n) is 9.83. The minimum Gasteiger partial charge on any atom is -0.358 e. The molecular formula is C8H2ClF6N5O2. The van der Waals surface area contributed by atoms with E-state index in [2.05, 4.69) is 10.2 Å². The van der Waals surface area contributed by atoms with E-state index in [9.17, 15) is 36.5 Å².